The summed E-state index contributed by atoms with van der Waals surface area (Å²) in [5.41, 5.74) is 2.34. The van der Waals surface area contributed by atoms with Crippen LogP contribution in [-0.2, 0) is 13.1 Å². The second kappa shape index (κ2) is 5.03. The first-order valence-corrected chi connectivity index (χ1v) is 6.53. The quantitative estimate of drug-likeness (QED) is 0.849. The van der Waals surface area contributed by atoms with Gasteiger partial charge in [-0.05, 0) is 17.9 Å². The molecule has 1 heterocycles. The van der Waals surface area contributed by atoms with Crippen molar-refractivity contribution in [1.82, 2.24) is 14.3 Å². The molecular formula is C15H21N3O. The van der Waals surface area contributed by atoms with Crippen LogP contribution >= 0.6 is 0 Å². The number of benzene rings is 1. The lowest BCUT2D eigenvalue weighted by Crippen LogP contribution is -2.29. The lowest BCUT2D eigenvalue weighted by Gasteiger charge is -2.16. The maximum absolute atomic E-state index is 12.2. The molecule has 0 bridgehead atoms. The summed E-state index contributed by atoms with van der Waals surface area (Å²) >= 11 is 0. The first kappa shape index (κ1) is 13.6. The third-order valence-corrected chi connectivity index (χ3v) is 2.89. The van der Waals surface area contributed by atoms with E-state index in [0.29, 0.717) is 13.1 Å². The Hall–Kier alpha value is -1.84. The van der Waals surface area contributed by atoms with E-state index in [-0.39, 0.29) is 11.1 Å². The molecule has 19 heavy (non-hydrogen) atoms. The Balaban J connectivity index is 2.18. The highest BCUT2D eigenvalue weighted by atomic mass is 16.2. The molecule has 0 radical (unpaired) electrons. The minimum atomic E-state index is -0.0458. The molecule has 0 aliphatic heterocycles. The van der Waals surface area contributed by atoms with Gasteiger partial charge in [-0.15, -0.1) is 0 Å². The van der Waals surface area contributed by atoms with Crippen molar-refractivity contribution in [3.63, 3.8) is 0 Å². The molecule has 0 saturated carbocycles. The van der Waals surface area contributed by atoms with Crippen LogP contribution in [0, 0.1) is 12.3 Å². The van der Waals surface area contributed by atoms with Gasteiger partial charge in [0.05, 0.1) is 13.1 Å². The van der Waals surface area contributed by atoms with E-state index < -0.39 is 0 Å². The molecule has 0 spiro atoms. The molecule has 0 saturated heterocycles. The van der Waals surface area contributed by atoms with Crippen LogP contribution in [0.25, 0.3) is 0 Å². The molecule has 1 aromatic carbocycles. The zero-order valence-corrected chi connectivity index (χ0v) is 12.1. The van der Waals surface area contributed by atoms with E-state index in [4.69, 9.17) is 0 Å². The summed E-state index contributed by atoms with van der Waals surface area (Å²) in [6.45, 7) is 9.54. The minimum Gasteiger partial charge on any atom is -0.277 e. The van der Waals surface area contributed by atoms with E-state index >= 15 is 0 Å². The highest BCUT2D eigenvalue weighted by molar-refractivity contribution is 5.21. The van der Waals surface area contributed by atoms with E-state index in [2.05, 4.69) is 44.9 Å². The van der Waals surface area contributed by atoms with Crippen LogP contribution in [0.1, 0.15) is 31.9 Å². The highest BCUT2D eigenvalue weighted by Gasteiger charge is 2.14. The second-order valence-corrected chi connectivity index (χ2v) is 6.25. The fraction of sp³-hybridized carbons (Fsp3) is 0.467. The molecule has 2 rings (SSSR count). The topological polar surface area (TPSA) is 39.8 Å². The van der Waals surface area contributed by atoms with Crippen molar-refractivity contribution in [3.05, 3.63) is 52.2 Å². The molecular weight excluding hydrogens is 238 g/mol. The molecule has 102 valence electrons. The van der Waals surface area contributed by atoms with Gasteiger partial charge in [0.15, 0.2) is 0 Å². The van der Waals surface area contributed by atoms with Gasteiger partial charge >= 0.3 is 5.69 Å². The largest absolute Gasteiger partial charge is 0.346 e. The molecule has 0 N–H and O–H groups in total. The fourth-order valence-corrected chi connectivity index (χ4v) is 1.93. The molecule has 2 aromatic rings. The van der Waals surface area contributed by atoms with Crippen LogP contribution in [0.4, 0.5) is 0 Å². The Bertz CT molecular complexity index is 600. The van der Waals surface area contributed by atoms with Gasteiger partial charge in [-0.3, -0.25) is 4.57 Å². The van der Waals surface area contributed by atoms with Gasteiger partial charge < -0.3 is 0 Å². The van der Waals surface area contributed by atoms with Crippen LogP contribution in [-0.4, -0.2) is 14.3 Å². The monoisotopic (exact) mass is 259 g/mol. The smallest absolute Gasteiger partial charge is 0.277 e. The Morgan fingerprint density at radius 2 is 1.79 bits per heavy atom. The van der Waals surface area contributed by atoms with Gasteiger partial charge in [0.1, 0.15) is 6.33 Å². The SMILES string of the molecule is Cc1ccc(Cn2cnn(CC(C)(C)C)c2=O)cc1. The van der Waals surface area contributed by atoms with E-state index in [9.17, 15) is 4.79 Å². The van der Waals surface area contributed by atoms with Gasteiger partial charge in [-0.1, -0.05) is 50.6 Å². The van der Waals surface area contributed by atoms with Crippen molar-refractivity contribution >= 4 is 0 Å². The van der Waals surface area contributed by atoms with Crippen molar-refractivity contribution in [3.8, 4) is 0 Å². The average Bonchev–Trinajstić information content (AvgIpc) is 2.63. The van der Waals surface area contributed by atoms with Crippen molar-refractivity contribution in [2.45, 2.75) is 40.8 Å². The van der Waals surface area contributed by atoms with Crippen LogP contribution in [0.5, 0.6) is 0 Å². The Labute approximate surface area is 113 Å². The molecule has 0 aliphatic carbocycles. The van der Waals surface area contributed by atoms with Crippen LogP contribution < -0.4 is 5.69 Å². The van der Waals surface area contributed by atoms with Gasteiger partial charge in [-0.25, -0.2) is 9.48 Å². The summed E-state index contributed by atoms with van der Waals surface area (Å²) in [7, 11) is 0. The highest BCUT2D eigenvalue weighted by Crippen LogP contribution is 2.14. The van der Waals surface area contributed by atoms with Crippen LogP contribution in [0.15, 0.2) is 35.4 Å². The third-order valence-electron chi connectivity index (χ3n) is 2.89. The Kier molecular flexibility index (Phi) is 3.60. The molecule has 1 aromatic heterocycles. The molecule has 4 nitrogen and oxygen atoms in total. The Morgan fingerprint density at radius 3 is 2.37 bits per heavy atom. The summed E-state index contributed by atoms with van der Waals surface area (Å²) in [6, 6.07) is 8.20. The average molecular weight is 259 g/mol. The zero-order valence-electron chi connectivity index (χ0n) is 12.1. The van der Waals surface area contributed by atoms with E-state index in [1.807, 2.05) is 12.1 Å². The summed E-state index contributed by atoms with van der Waals surface area (Å²) < 4.78 is 3.19. The van der Waals surface area contributed by atoms with Gasteiger partial charge in [0.25, 0.3) is 0 Å². The first-order chi connectivity index (χ1) is 8.85. The molecule has 0 fully saturated rings. The number of rotatable bonds is 3. The van der Waals surface area contributed by atoms with Crippen LogP contribution in [0.3, 0.4) is 0 Å². The minimum absolute atomic E-state index is 0.0458. The predicted octanol–water partition coefficient (Wildman–Crippen LogP) is 2.45. The summed E-state index contributed by atoms with van der Waals surface area (Å²) in [6.07, 6.45) is 1.62. The first-order valence-electron chi connectivity index (χ1n) is 6.53. The summed E-state index contributed by atoms with van der Waals surface area (Å²) in [5, 5.41) is 4.18. The predicted molar refractivity (Wildman–Crippen MR) is 76.2 cm³/mol. The van der Waals surface area contributed by atoms with E-state index in [0.717, 1.165) is 5.56 Å². The normalized spacial score (nSPS) is 11.8. The van der Waals surface area contributed by atoms with Crippen LogP contribution in [0.2, 0.25) is 0 Å². The number of aromatic nitrogens is 3. The van der Waals surface area contributed by atoms with Crippen molar-refractivity contribution in [1.29, 1.82) is 0 Å². The molecule has 0 amide bonds. The van der Waals surface area contributed by atoms with Crippen molar-refractivity contribution in [2.75, 3.05) is 0 Å². The van der Waals surface area contributed by atoms with Crippen molar-refractivity contribution in [2.24, 2.45) is 5.41 Å². The van der Waals surface area contributed by atoms with Gasteiger partial charge in [0, 0.05) is 0 Å². The molecule has 0 aliphatic rings. The summed E-state index contributed by atoms with van der Waals surface area (Å²) in [4.78, 5) is 12.2. The number of nitrogens with zero attached hydrogens (tertiary/aromatic N) is 3. The maximum atomic E-state index is 12.2. The van der Waals surface area contributed by atoms with Gasteiger partial charge in [-0.2, -0.15) is 5.10 Å². The molecule has 0 atom stereocenters. The maximum Gasteiger partial charge on any atom is 0.346 e. The third kappa shape index (κ3) is 3.56. The number of hydrogen-bond acceptors (Lipinski definition) is 2. The van der Waals surface area contributed by atoms with Gasteiger partial charge in [0.2, 0.25) is 0 Å². The molecule has 4 heteroatoms. The summed E-state index contributed by atoms with van der Waals surface area (Å²) in [5.74, 6) is 0. The van der Waals surface area contributed by atoms with E-state index in [1.165, 1.54) is 10.2 Å². The standard InChI is InChI=1S/C15H21N3O/c1-12-5-7-13(8-6-12)9-17-11-16-18(14(17)19)10-15(2,3)4/h5-8,11H,9-10H2,1-4H3. The van der Waals surface area contributed by atoms with Crippen molar-refractivity contribution < 1.29 is 0 Å². The lowest BCUT2D eigenvalue weighted by molar-refractivity contribution is 0.318. The lowest BCUT2D eigenvalue weighted by atomic mass is 9.97. The molecule has 0 unspecified atom stereocenters. The number of hydrogen-bond donors (Lipinski definition) is 0. The Morgan fingerprint density at radius 1 is 1.16 bits per heavy atom. The zero-order chi connectivity index (χ0) is 14.0. The fourth-order valence-electron chi connectivity index (χ4n) is 1.93. The van der Waals surface area contributed by atoms with E-state index in [1.54, 1.807) is 10.9 Å². The number of aryl methyl sites for hydroxylation is 1. The second-order valence-electron chi connectivity index (χ2n) is 6.25.